The molecule has 2 aliphatic heterocycles. The maximum atomic E-state index is 6.24. The molecule has 0 N–H and O–H groups in total. The van der Waals surface area contributed by atoms with Crippen molar-refractivity contribution in [2.45, 2.75) is 89.6 Å². The second-order valence-corrected chi connectivity index (χ2v) is 9.87. The molecule has 0 aromatic heterocycles. The van der Waals surface area contributed by atoms with Crippen LogP contribution < -0.4 is 0 Å². The third-order valence-electron chi connectivity index (χ3n) is 8.13. The second kappa shape index (κ2) is 10.8. The van der Waals surface area contributed by atoms with E-state index in [-0.39, 0.29) is 12.4 Å². The predicted molar refractivity (Wildman–Crippen MR) is 114 cm³/mol. The Morgan fingerprint density at radius 1 is 0.852 bits per heavy atom. The average Bonchev–Trinajstić information content (AvgIpc) is 3.37. The van der Waals surface area contributed by atoms with Gasteiger partial charge in [0, 0.05) is 19.8 Å². The Balaban J connectivity index is 0.00000210. The summed E-state index contributed by atoms with van der Waals surface area (Å²) in [5.41, 5.74) is 0.696. The van der Waals surface area contributed by atoms with Crippen LogP contribution in [0.2, 0.25) is 0 Å². The molecule has 0 radical (unpaired) electrons. The summed E-state index contributed by atoms with van der Waals surface area (Å²) in [5.74, 6) is 1.88. The monoisotopic (exact) mass is 399 g/mol. The third kappa shape index (κ3) is 6.32. The van der Waals surface area contributed by atoms with Crippen LogP contribution in [0.3, 0.4) is 0 Å². The van der Waals surface area contributed by atoms with E-state index in [1.807, 2.05) is 0 Å². The molecule has 27 heavy (non-hydrogen) atoms. The van der Waals surface area contributed by atoms with Gasteiger partial charge in [-0.3, -0.25) is 0 Å². The Morgan fingerprint density at radius 2 is 1.52 bits per heavy atom. The van der Waals surface area contributed by atoms with Crippen LogP contribution in [-0.4, -0.2) is 50.5 Å². The van der Waals surface area contributed by atoms with Gasteiger partial charge in [-0.15, -0.1) is 12.4 Å². The molecule has 2 heterocycles. The summed E-state index contributed by atoms with van der Waals surface area (Å²) >= 11 is 0. The van der Waals surface area contributed by atoms with Crippen LogP contribution in [0.1, 0.15) is 83.5 Å². The van der Waals surface area contributed by atoms with Crippen LogP contribution in [-0.2, 0) is 9.47 Å². The maximum absolute atomic E-state index is 6.24. The molecule has 3 nitrogen and oxygen atoms in total. The molecule has 0 aromatic carbocycles. The van der Waals surface area contributed by atoms with Crippen molar-refractivity contribution in [2.75, 3.05) is 39.5 Å². The van der Waals surface area contributed by atoms with Gasteiger partial charge in [0.25, 0.3) is 0 Å². The molecule has 1 spiro atoms. The zero-order chi connectivity index (χ0) is 17.7. The van der Waals surface area contributed by atoms with Crippen molar-refractivity contribution in [3.63, 3.8) is 0 Å². The minimum atomic E-state index is 0. The molecule has 1 unspecified atom stereocenters. The molecule has 2 saturated carbocycles. The van der Waals surface area contributed by atoms with E-state index in [0.717, 1.165) is 38.2 Å². The molecule has 0 bridgehead atoms. The van der Waals surface area contributed by atoms with Gasteiger partial charge in [-0.05, 0) is 107 Å². The summed E-state index contributed by atoms with van der Waals surface area (Å²) < 4.78 is 11.8. The summed E-state index contributed by atoms with van der Waals surface area (Å²) in [6.07, 6.45) is 19.0. The standard InChI is InChI=1S/C23H41NO2.ClH/c1-2-15-24(14-1)16-18-26-22-7-12-23(13-8-22)10-5-20(6-11-23)3-4-21-9-17-25-19-21;/h20-22H,1-19H2;1H. The van der Waals surface area contributed by atoms with Gasteiger partial charge in [0.2, 0.25) is 0 Å². The van der Waals surface area contributed by atoms with Gasteiger partial charge in [-0.25, -0.2) is 0 Å². The molecular formula is C23H42ClNO2. The zero-order valence-corrected chi connectivity index (χ0v) is 18.2. The van der Waals surface area contributed by atoms with Gasteiger partial charge in [0.05, 0.1) is 12.7 Å². The van der Waals surface area contributed by atoms with Gasteiger partial charge in [0.15, 0.2) is 0 Å². The molecule has 0 aromatic rings. The highest BCUT2D eigenvalue weighted by atomic mass is 35.5. The highest BCUT2D eigenvalue weighted by Crippen LogP contribution is 2.50. The Kier molecular flexibility index (Phi) is 8.75. The van der Waals surface area contributed by atoms with Crippen molar-refractivity contribution in [1.82, 2.24) is 4.90 Å². The first-order valence-electron chi connectivity index (χ1n) is 11.7. The number of hydrogen-bond donors (Lipinski definition) is 0. The average molecular weight is 400 g/mol. The van der Waals surface area contributed by atoms with Crippen LogP contribution >= 0.6 is 12.4 Å². The van der Waals surface area contributed by atoms with Gasteiger partial charge >= 0.3 is 0 Å². The minimum absolute atomic E-state index is 0. The Labute approximate surface area is 173 Å². The Bertz CT molecular complexity index is 403. The van der Waals surface area contributed by atoms with Crippen molar-refractivity contribution in [2.24, 2.45) is 17.3 Å². The van der Waals surface area contributed by atoms with E-state index in [0.29, 0.717) is 11.5 Å². The predicted octanol–water partition coefficient (Wildman–Crippen LogP) is 5.46. The first kappa shape index (κ1) is 21.9. The molecule has 158 valence electrons. The SMILES string of the molecule is C1CCN(CCOC2CCC3(CCC(CCC4CCOC4)CC3)CC2)C1.Cl. The topological polar surface area (TPSA) is 21.7 Å². The smallest absolute Gasteiger partial charge is 0.0597 e. The van der Waals surface area contributed by atoms with Crippen molar-refractivity contribution >= 4 is 12.4 Å². The lowest BCUT2D eigenvalue weighted by Crippen LogP contribution is -2.35. The van der Waals surface area contributed by atoms with Crippen molar-refractivity contribution in [1.29, 1.82) is 0 Å². The molecule has 4 fully saturated rings. The molecule has 2 saturated heterocycles. The fourth-order valence-corrected chi connectivity index (χ4v) is 6.09. The first-order valence-corrected chi connectivity index (χ1v) is 11.7. The van der Waals surface area contributed by atoms with E-state index in [1.165, 1.54) is 96.6 Å². The summed E-state index contributed by atoms with van der Waals surface area (Å²) in [6, 6.07) is 0. The molecule has 2 aliphatic carbocycles. The lowest BCUT2D eigenvalue weighted by atomic mass is 9.62. The summed E-state index contributed by atoms with van der Waals surface area (Å²) in [5, 5.41) is 0. The van der Waals surface area contributed by atoms with Crippen molar-refractivity contribution < 1.29 is 9.47 Å². The minimum Gasteiger partial charge on any atom is -0.381 e. The van der Waals surface area contributed by atoms with E-state index in [2.05, 4.69) is 4.90 Å². The number of nitrogens with zero attached hydrogens (tertiary/aromatic N) is 1. The number of rotatable bonds is 7. The number of likely N-dealkylation sites (tertiary alicyclic amines) is 1. The van der Waals surface area contributed by atoms with Gasteiger partial charge in [0.1, 0.15) is 0 Å². The fraction of sp³-hybridized carbons (Fsp3) is 1.00. The Hall–Kier alpha value is 0.170. The first-order chi connectivity index (χ1) is 12.8. The highest BCUT2D eigenvalue weighted by molar-refractivity contribution is 5.85. The summed E-state index contributed by atoms with van der Waals surface area (Å²) in [4.78, 5) is 2.57. The molecule has 4 rings (SSSR count). The van der Waals surface area contributed by atoms with Crippen molar-refractivity contribution in [3.05, 3.63) is 0 Å². The van der Waals surface area contributed by atoms with Crippen LogP contribution in [0.25, 0.3) is 0 Å². The number of ether oxygens (including phenoxy) is 2. The second-order valence-electron chi connectivity index (χ2n) is 9.87. The summed E-state index contributed by atoms with van der Waals surface area (Å²) in [7, 11) is 0. The summed E-state index contributed by atoms with van der Waals surface area (Å²) in [6.45, 7) is 6.77. The van der Waals surface area contributed by atoms with Crippen LogP contribution in [0, 0.1) is 17.3 Å². The van der Waals surface area contributed by atoms with E-state index in [1.54, 1.807) is 0 Å². The van der Waals surface area contributed by atoms with E-state index < -0.39 is 0 Å². The molecule has 4 heteroatoms. The molecule has 1 atom stereocenters. The lowest BCUT2D eigenvalue weighted by Gasteiger charge is -2.45. The van der Waals surface area contributed by atoms with Gasteiger partial charge in [-0.2, -0.15) is 0 Å². The molecular weight excluding hydrogens is 358 g/mol. The van der Waals surface area contributed by atoms with Gasteiger partial charge < -0.3 is 14.4 Å². The number of hydrogen-bond acceptors (Lipinski definition) is 3. The Morgan fingerprint density at radius 3 is 2.19 bits per heavy atom. The zero-order valence-electron chi connectivity index (χ0n) is 17.3. The van der Waals surface area contributed by atoms with E-state index in [4.69, 9.17) is 9.47 Å². The fourth-order valence-electron chi connectivity index (χ4n) is 6.09. The van der Waals surface area contributed by atoms with Crippen molar-refractivity contribution in [3.8, 4) is 0 Å². The molecule has 0 amide bonds. The van der Waals surface area contributed by atoms with E-state index >= 15 is 0 Å². The largest absolute Gasteiger partial charge is 0.381 e. The lowest BCUT2D eigenvalue weighted by molar-refractivity contribution is -0.0238. The quantitative estimate of drug-likeness (QED) is 0.567. The number of halogens is 1. The van der Waals surface area contributed by atoms with Gasteiger partial charge in [-0.1, -0.05) is 6.42 Å². The molecule has 4 aliphatic rings. The highest BCUT2D eigenvalue weighted by Gasteiger charge is 2.38. The maximum Gasteiger partial charge on any atom is 0.0597 e. The third-order valence-corrected chi connectivity index (χ3v) is 8.13. The normalized spacial score (nSPS) is 37.6. The van der Waals surface area contributed by atoms with E-state index in [9.17, 15) is 0 Å². The van der Waals surface area contributed by atoms with Crippen LogP contribution in [0.15, 0.2) is 0 Å². The van der Waals surface area contributed by atoms with Crippen LogP contribution in [0.5, 0.6) is 0 Å². The van der Waals surface area contributed by atoms with Crippen LogP contribution in [0.4, 0.5) is 0 Å².